The van der Waals surface area contributed by atoms with Gasteiger partial charge in [-0.25, -0.2) is 4.39 Å². The van der Waals surface area contributed by atoms with Crippen LogP contribution in [0.15, 0.2) is 45.3 Å². The molecular formula is C15H12Br2FN. The Bertz CT molecular complexity index is 628. The number of hydrogen-bond acceptors (Lipinski definition) is 1. The van der Waals surface area contributed by atoms with Crippen molar-refractivity contribution >= 4 is 37.5 Å². The number of fused-ring (bicyclic) bond motifs is 1. The van der Waals surface area contributed by atoms with Crippen LogP contribution in [0.5, 0.6) is 0 Å². The van der Waals surface area contributed by atoms with Gasteiger partial charge in [0.25, 0.3) is 0 Å². The number of benzene rings is 2. The van der Waals surface area contributed by atoms with E-state index in [1.807, 2.05) is 6.07 Å². The zero-order valence-corrected chi connectivity index (χ0v) is 13.3. The molecule has 2 aromatic rings. The molecule has 1 atom stereocenters. The zero-order chi connectivity index (χ0) is 13.4. The van der Waals surface area contributed by atoms with Crippen molar-refractivity contribution in [2.24, 2.45) is 0 Å². The predicted octanol–water partition coefficient (Wildman–Crippen LogP) is 5.45. The summed E-state index contributed by atoms with van der Waals surface area (Å²) in [5, 5.41) is 3.31. The summed E-state index contributed by atoms with van der Waals surface area (Å²) in [5.41, 5.74) is 3.14. The van der Waals surface area contributed by atoms with Gasteiger partial charge < -0.3 is 5.32 Å². The Kier molecular flexibility index (Phi) is 3.63. The van der Waals surface area contributed by atoms with E-state index in [2.05, 4.69) is 49.3 Å². The first kappa shape index (κ1) is 13.1. The van der Waals surface area contributed by atoms with Crippen molar-refractivity contribution in [3.8, 4) is 0 Å². The molecule has 1 unspecified atom stereocenters. The van der Waals surface area contributed by atoms with E-state index in [-0.39, 0.29) is 11.9 Å². The third-order valence-corrected chi connectivity index (χ3v) is 4.71. The molecule has 0 saturated heterocycles. The highest BCUT2D eigenvalue weighted by molar-refractivity contribution is 9.10. The number of nitrogens with one attached hydrogen (secondary N) is 1. The normalized spacial score (nSPS) is 17.3. The van der Waals surface area contributed by atoms with Gasteiger partial charge in [-0.05, 0) is 48.2 Å². The van der Waals surface area contributed by atoms with Crippen molar-refractivity contribution in [3.63, 3.8) is 0 Å². The lowest BCUT2D eigenvalue weighted by atomic mass is 10.1. The molecule has 0 aromatic heterocycles. The molecule has 1 aliphatic rings. The van der Waals surface area contributed by atoms with Crippen LogP contribution in [-0.2, 0) is 6.42 Å². The van der Waals surface area contributed by atoms with E-state index in [0.29, 0.717) is 5.69 Å². The Morgan fingerprint density at radius 2 is 2.00 bits per heavy atom. The average Bonchev–Trinajstić information content (AvgIpc) is 2.79. The number of anilines is 1. The molecule has 0 aliphatic heterocycles. The maximum absolute atomic E-state index is 13.8. The van der Waals surface area contributed by atoms with Crippen LogP contribution in [-0.4, -0.2) is 0 Å². The van der Waals surface area contributed by atoms with Crippen LogP contribution < -0.4 is 5.32 Å². The molecule has 0 fully saturated rings. The number of halogens is 3. The van der Waals surface area contributed by atoms with Gasteiger partial charge in [-0.15, -0.1) is 0 Å². The topological polar surface area (TPSA) is 12.0 Å². The summed E-state index contributed by atoms with van der Waals surface area (Å²) in [5.74, 6) is -0.216. The Hall–Kier alpha value is -0.870. The fraction of sp³-hybridized carbons (Fsp3) is 0.200. The van der Waals surface area contributed by atoms with Crippen LogP contribution in [0, 0.1) is 5.82 Å². The molecule has 0 heterocycles. The molecule has 0 radical (unpaired) electrons. The molecule has 3 rings (SSSR count). The SMILES string of the molecule is Fc1ccc(Br)cc1NC1CCc2c(Br)cccc21. The summed E-state index contributed by atoms with van der Waals surface area (Å²) in [4.78, 5) is 0. The predicted molar refractivity (Wildman–Crippen MR) is 82.9 cm³/mol. The van der Waals surface area contributed by atoms with E-state index in [9.17, 15) is 4.39 Å². The highest BCUT2D eigenvalue weighted by Crippen LogP contribution is 2.38. The molecule has 1 nitrogen and oxygen atoms in total. The number of hydrogen-bond donors (Lipinski definition) is 1. The summed E-state index contributed by atoms with van der Waals surface area (Å²) in [6.45, 7) is 0. The van der Waals surface area contributed by atoms with Crippen LogP contribution in [0.2, 0.25) is 0 Å². The third-order valence-electron chi connectivity index (χ3n) is 3.47. The first-order valence-electron chi connectivity index (χ1n) is 6.14. The third kappa shape index (κ3) is 2.56. The first-order valence-corrected chi connectivity index (χ1v) is 7.72. The summed E-state index contributed by atoms with van der Waals surface area (Å²) in [7, 11) is 0. The minimum atomic E-state index is -0.216. The van der Waals surface area contributed by atoms with E-state index in [4.69, 9.17) is 0 Å². The molecule has 0 bridgehead atoms. The second-order valence-electron chi connectivity index (χ2n) is 4.67. The molecule has 0 saturated carbocycles. The fourth-order valence-electron chi connectivity index (χ4n) is 2.56. The van der Waals surface area contributed by atoms with Crippen LogP contribution in [0.3, 0.4) is 0 Å². The Morgan fingerprint density at radius 1 is 1.16 bits per heavy atom. The van der Waals surface area contributed by atoms with Crippen molar-refractivity contribution in [1.82, 2.24) is 0 Å². The van der Waals surface area contributed by atoms with Crippen molar-refractivity contribution in [1.29, 1.82) is 0 Å². The summed E-state index contributed by atoms with van der Waals surface area (Å²) in [6.07, 6.45) is 2.01. The molecule has 1 aliphatic carbocycles. The summed E-state index contributed by atoms with van der Waals surface area (Å²) in [6, 6.07) is 11.3. The summed E-state index contributed by atoms with van der Waals surface area (Å²) < 4.78 is 15.8. The van der Waals surface area contributed by atoms with Crippen molar-refractivity contribution in [3.05, 3.63) is 62.3 Å². The molecule has 98 valence electrons. The van der Waals surface area contributed by atoms with Gasteiger partial charge in [0, 0.05) is 8.95 Å². The van der Waals surface area contributed by atoms with E-state index in [0.717, 1.165) is 21.8 Å². The van der Waals surface area contributed by atoms with E-state index < -0.39 is 0 Å². The molecule has 4 heteroatoms. The van der Waals surface area contributed by atoms with Gasteiger partial charge in [0.15, 0.2) is 0 Å². The van der Waals surface area contributed by atoms with Gasteiger partial charge in [-0.1, -0.05) is 44.0 Å². The first-order chi connectivity index (χ1) is 9.15. The molecule has 1 N–H and O–H groups in total. The lowest BCUT2D eigenvalue weighted by molar-refractivity contribution is 0.624. The molecule has 19 heavy (non-hydrogen) atoms. The standard InChI is InChI=1S/C15H12Br2FN/c16-9-4-6-13(18)15(8-9)19-14-7-5-10-11(14)2-1-3-12(10)17/h1-4,6,8,14,19H,5,7H2. The van der Waals surface area contributed by atoms with E-state index >= 15 is 0 Å². The van der Waals surface area contributed by atoms with Gasteiger partial charge >= 0.3 is 0 Å². The second-order valence-corrected chi connectivity index (χ2v) is 6.44. The lowest BCUT2D eigenvalue weighted by Crippen LogP contribution is -2.08. The van der Waals surface area contributed by atoms with Crippen molar-refractivity contribution in [2.75, 3.05) is 5.32 Å². The highest BCUT2D eigenvalue weighted by Gasteiger charge is 2.24. The van der Waals surface area contributed by atoms with Crippen LogP contribution in [0.25, 0.3) is 0 Å². The average molecular weight is 385 g/mol. The Labute approximate surface area is 128 Å². The van der Waals surface area contributed by atoms with Crippen molar-refractivity contribution in [2.45, 2.75) is 18.9 Å². The smallest absolute Gasteiger partial charge is 0.146 e. The van der Waals surface area contributed by atoms with E-state index in [1.165, 1.54) is 17.2 Å². The monoisotopic (exact) mass is 383 g/mol. The minimum Gasteiger partial charge on any atom is -0.376 e. The lowest BCUT2D eigenvalue weighted by Gasteiger charge is -2.16. The van der Waals surface area contributed by atoms with Gasteiger partial charge in [0.05, 0.1) is 11.7 Å². The Balaban J connectivity index is 1.91. The van der Waals surface area contributed by atoms with Gasteiger partial charge in [-0.3, -0.25) is 0 Å². The molecule has 0 amide bonds. The highest BCUT2D eigenvalue weighted by atomic mass is 79.9. The van der Waals surface area contributed by atoms with E-state index in [1.54, 1.807) is 12.1 Å². The number of rotatable bonds is 2. The largest absolute Gasteiger partial charge is 0.376 e. The van der Waals surface area contributed by atoms with Crippen LogP contribution in [0.1, 0.15) is 23.6 Å². The van der Waals surface area contributed by atoms with Crippen LogP contribution in [0.4, 0.5) is 10.1 Å². The summed E-state index contributed by atoms with van der Waals surface area (Å²) >= 11 is 6.95. The minimum absolute atomic E-state index is 0.177. The fourth-order valence-corrected chi connectivity index (χ4v) is 3.50. The molecular weight excluding hydrogens is 373 g/mol. The maximum Gasteiger partial charge on any atom is 0.146 e. The maximum atomic E-state index is 13.8. The Morgan fingerprint density at radius 3 is 2.84 bits per heavy atom. The van der Waals surface area contributed by atoms with Gasteiger partial charge in [-0.2, -0.15) is 0 Å². The van der Waals surface area contributed by atoms with Gasteiger partial charge in [0.2, 0.25) is 0 Å². The van der Waals surface area contributed by atoms with Crippen LogP contribution >= 0.6 is 31.9 Å². The molecule has 0 spiro atoms. The molecule has 2 aromatic carbocycles. The second kappa shape index (κ2) is 5.25. The zero-order valence-electron chi connectivity index (χ0n) is 10.1. The quantitative estimate of drug-likeness (QED) is 0.725. The van der Waals surface area contributed by atoms with Crippen molar-refractivity contribution < 1.29 is 4.39 Å². The van der Waals surface area contributed by atoms with Gasteiger partial charge in [0.1, 0.15) is 5.82 Å².